The van der Waals surface area contributed by atoms with E-state index in [1.54, 1.807) is 18.5 Å². The monoisotopic (exact) mass is 404 g/mol. The van der Waals surface area contributed by atoms with Crippen LogP contribution in [0.2, 0.25) is 0 Å². The predicted octanol–water partition coefficient (Wildman–Crippen LogP) is 5.08. The highest BCUT2D eigenvalue weighted by molar-refractivity contribution is 6.05. The number of carbonyl (C=O) groups excluding carboxylic acids is 1. The number of pyridine rings is 2. The van der Waals surface area contributed by atoms with Crippen molar-refractivity contribution in [1.82, 2.24) is 9.97 Å². The van der Waals surface area contributed by atoms with Crippen LogP contribution in [0.15, 0.2) is 41.1 Å². The summed E-state index contributed by atoms with van der Waals surface area (Å²) in [6.07, 6.45) is 5.89. The molecule has 0 spiro atoms. The van der Waals surface area contributed by atoms with Crippen LogP contribution in [0.3, 0.4) is 0 Å². The van der Waals surface area contributed by atoms with E-state index in [1.165, 1.54) is 6.42 Å². The van der Waals surface area contributed by atoms with Crippen LogP contribution in [0.5, 0.6) is 0 Å². The summed E-state index contributed by atoms with van der Waals surface area (Å²) in [5.74, 6) is 3.13. The molecule has 0 aromatic carbocycles. The summed E-state index contributed by atoms with van der Waals surface area (Å²) in [7, 11) is 0. The van der Waals surface area contributed by atoms with Gasteiger partial charge in [0.05, 0.1) is 17.6 Å². The average Bonchev–Trinajstić information content (AvgIpc) is 3.29. The Morgan fingerprint density at radius 2 is 1.90 bits per heavy atom. The molecule has 1 aliphatic carbocycles. The summed E-state index contributed by atoms with van der Waals surface area (Å²) in [5.41, 5.74) is 2.61. The van der Waals surface area contributed by atoms with Crippen molar-refractivity contribution in [1.29, 1.82) is 0 Å². The lowest BCUT2D eigenvalue weighted by atomic mass is 9.91. The lowest BCUT2D eigenvalue weighted by molar-refractivity contribution is 0.102. The van der Waals surface area contributed by atoms with Crippen LogP contribution in [-0.2, 0) is 0 Å². The van der Waals surface area contributed by atoms with Crippen LogP contribution in [0.25, 0.3) is 11.1 Å². The summed E-state index contributed by atoms with van der Waals surface area (Å²) in [5, 5.41) is 3.96. The van der Waals surface area contributed by atoms with Gasteiger partial charge >= 0.3 is 0 Å². The standard InChI is InChI=1S/C24H28N4O2/c1-14-8-15(2)13-28(12-14)21-6-7-25-11-20(21)26-23(29)19-5-4-17-10-22(18-9-16(18)3)30-24(17)27-19/h4-7,10-11,14-16,18H,8-9,12-13H2,1-3H3,(H,26,29). The van der Waals surface area contributed by atoms with Crippen molar-refractivity contribution >= 4 is 28.4 Å². The molecule has 6 nitrogen and oxygen atoms in total. The van der Waals surface area contributed by atoms with E-state index in [1.807, 2.05) is 12.1 Å². The molecule has 156 valence electrons. The third-order valence-electron chi connectivity index (χ3n) is 6.37. The second-order valence-corrected chi connectivity index (χ2v) is 9.26. The summed E-state index contributed by atoms with van der Waals surface area (Å²) in [4.78, 5) is 24.0. The molecule has 30 heavy (non-hydrogen) atoms. The van der Waals surface area contributed by atoms with E-state index >= 15 is 0 Å². The van der Waals surface area contributed by atoms with Gasteiger partial charge in [-0.25, -0.2) is 4.98 Å². The van der Waals surface area contributed by atoms with E-state index in [2.05, 4.69) is 47.0 Å². The van der Waals surface area contributed by atoms with E-state index in [4.69, 9.17) is 4.42 Å². The lowest BCUT2D eigenvalue weighted by Gasteiger charge is -2.37. The van der Waals surface area contributed by atoms with Crippen molar-refractivity contribution < 1.29 is 9.21 Å². The molecule has 2 aliphatic rings. The number of carbonyl (C=O) groups is 1. The van der Waals surface area contributed by atoms with Crippen molar-refractivity contribution in [2.24, 2.45) is 17.8 Å². The van der Waals surface area contributed by atoms with Crippen LogP contribution >= 0.6 is 0 Å². The quantitative estimate of drug-likeness (QED) is 0.656. The molecule has 4 atom stereocenters. The molecule has 0 radical (unpaired) electrons. The predicted molar refractivity (Wildman–Crippen MR) is 118 cm³/mol. The number of fused-ring (bicyclic) bond motifs is 1. The number of piperidine rings is 1. The SMILES string of the molecule is CC1CC(C)CN(c2ccncc2NC(=O)c2ccc3cc(C4CC4C)oc3n2)C1. The number of anilines is 2. The molecule has 1 saturated carbocycles. The van der Waals surface area contributed by atoms with Crippen LogP contribution in [0.4, 0.5) is 11.4 Å². The number of amides is 1. The van der Waals surface area contributed by atoms with Crippen LogP contribution < -0.4 is 10.2 Å². The van der Waals surface area contributed by atoms with E-state index < -0.39 is 0 Å². The minimum atomic E-state index is -0.248. The van der Waals surface area contributed by atoms with Crippen LogP contribution in [0, 0.1) is 17.8 Å². The Hall–Kier alpha value is -2.89. The second kappa shape index (κ2) is 7.42. The number of nitrogens with zero attached hydrogens (tertiary/aromatic N) is 3. The Labute approximate surface area is 176 Å². The first-order chi connectivity index (χ1) is 14.5. The Kier molecular flexibility index (Phi) is 4.72. The average molecular weight is 405 g/mol. The largest absolute Gasteiger partial charge is 0.442 e. The van der Waals surface area contributed by atoms with Gasteiger partial charge in [0.15, 0.2) is 0 Å². The highest BCUT2D eigenvalue weighted by Gasteiger charge is 2.37. The maximum atomic E-state index is 13.0. The van der Waals surface area contributed by atoms with Crippen molar-refractivity contribution in [2.45, 2.75) is 39.5 Å². The molecule has 3 aromatic heterocycles. The highest BCUT2D eigenvalue weighted by atomic mass is 16.3. The van der Waals surface area contributed by atoms with Crippen LogP contribution in [-0.4, -0.2) is 29.0 Å². The van der Waals surface area contributed by atoms with E-state index in [0.29, 0.717) is 35.1 Å². The molecule has 1 saturated heterocycles. The molecule has 1 N–H and O–H groups in total. The van der Waals surface area contributed by atoms with Gasteiger partial charge in [0.25, 0.3) is 5.91 Å². The summed E-state index contributed by atoms with van der Waals surface area (Å²) in [6.45, 7) is 8.74. The van der Waals surface area contributed by atoms with Gasteiger partial charge in [0.1, 0.15) is 11.5 Å². The first kappa shape index (κ1) is 19.1. The van der Waals surface area contributed by atoms with Gasteiger partial charge < -0.3 is 14.6 Å². The molecular formula is C24H28N4O2. The Bertz CT molecular complexity index is 1080. The zero-order chi connectivity index (χ0) is 20.8. The van der Waals surface area contributed by atoms with E-state index in [9.17, 15) is 4.79 Å². The number of aromatic nitrogens is 2. The molecule has 3 aromatic rings. The van der Waals surface area contributed by atoms with Crippen molar-refractivity contribution in [2.75, 3.05) is 23.3 Å². The van der Waals surface area contributed by atoms with Crippen molar-refractivity contribution in [3.8, 4) is 0 Å². The molecule has 5 rings (SSSR count). The molecule has 1 aliphatic heterocycles. The van der Waals surface area contributed by atoms with Gasteiger partial charge in [-0.05, 0) is 54.9 Å². The third kappa shape index (κ3) is 3.66. The molecule has 2 fully saturated rings. The number of hydrogen-bond donors (Lipinski definition) is 1. The van der Waals surface area contributed by atoms with Gasteiger partial charge in [-0.2, -0.15) is 0 Å². The van der Waals surface area contributed by atoms with Gasteiger partial charge in [-0.15, -0.1) is 0 Å². The molecule has 6 heteroatoms. The van der Waals surface area contributed by atoms with Crippen molar-refractivity contribution in [3.63, 3.8) is 0 Å². The minimum Gasteiger partial charge on any atom is -0.442 e. The third-order valence-corrected chi connectivity index (χ3v) is 6.37. The highest BCUT2D eigenvalue weighted by Crippen LogP contribution is 2.48. The molecule has 0 bridgehead atoms. The first-order valence-corrected chi connectivity index (χ1v) is 10.9. The molecule has 1 amide bonds. The topological polar surface area (TPSA) is 71.3 Å². The second-order valence-electron chi connectivity index (χ2n) is 9.26. The molecular weight excluding hydrogens is 376 g/mol. The molecule has 4 heterocycles. The number of rotatable bonds is 4. The van der Waals surface area contributed by atoms with Gasteiger partial charge in [0, 0.05) is 30.6 Å². The maximum Gasteiger partial charge on any atom is 0.274 e. The zero-order valence-corrected chi connectivity index (χ0v) is 17.8. The zero-order valence-electron chi connectivity index (χ0n) is 17.8. The maximum absolute atomic E-state index is 13.0. The fourth-order valence-electron chi connectivity index (χ4n) is 4.77. The van der Waals surface area contributed by atoms with E-state index in [-0.39, 0.29) is 5.91 Å². The summed E-state index contributed by atoms with van der Waals surface area (Å²) in [6, 6.07) is 7.70. The Morgan fingerprint density at radius 1 is 1.13 bits per heavy atom. The fraction of sp³-hybridized carbons (Fsp3) is 0.458. The van der Waals surface area contributed by atoms with Gasteiger partial charge in [-0.1, -0.05) is 20.8 Å². The van der Waals surface area contributed by atoms with E-state index in [0.717, 1.165) is 42.0 Å². The van der Waals surface area contributed by atoms with Crippen LogP contribution in [0.1, 0.15) is 55.8 Å². The summed E-state index contributed by atoms with van der Waals surface area (Å²) >= 11 is 0. The van der Waals surface area contributed by atoms with Crippen molar-refractivity contribution in [3.05, 3.63) is 48.1 Å². The number of hydrogen-bond acceptors (Lipinski definition) is 5. The number of nitrogens with one attached hydrogen (secondary N) is 1. The Balaban J connectivity index is 1.38. The minimum absolute atomic E-state index is 0.248. The normalized spacial score (nSPS) is 26.0. The number of furan rings is 1. The lowest BCUT2D eigenvalue weighted by Crippen LogP contribution is -2.39. The van der Waals surface area contributed by atoms with Gasteiger partial charge in [0.2, 0.25) is 5.71 Å². The smallest absolute Gasteiger partial charge is 0.274 e. The summed E-state index contributed by atoms with van der Waals surface area (Å²) < 4.78 is 5.93. The molecule has 4 unspecified atom stereocenters. The first-order valence-electron chi connectivity index (χ1n) is 10.9. The Morgan fingerprint density at radius 3 is 2.63 bits per heavy atom. The fourth-order valence-corrected chi connectivity index (χ4v) is 4.77. The van der Waals surface area contributed by atoms with Gasteiger partial charge in [-0.3, -0.25) is 9.78 Å².